The minimum atomic E-state index is -0.128. The summed E-state index contributed by atoms with van der Waals surface area (Å²) in [6.45, 7) is 3.56. The number of nitrogens with one attached hydrogen (secondary N) is 1. The molecule has 2 aromatic rings. The van der Waals surface area contributed by atoms with E-state index in [2.05, 4.69) is 17.4 Å². The number of amides is 2. The number of methoxy groups -OCH3 is 1. The number of nitrogens with zero attached hydrogens (tertiary/aromatic N) is 1. The van der Waals surface area contributed by atoms with Crippen LogP contribution in [0.2, 0.25) is 0 Å². The number of rotatable bonds is 4. The predicted octanol–water partition coefficient (Wildman–Crippen LogP) is 3.65. The first-order chi connectivity index (χ1) is 14.5. The van der Waals surface area contributed by atoms with Crippen LogP contribution in [-0.2, 0) is 22.5 Å². The highest BCUT2D eigenvalue weighted by Crippen LogP contribution is 2.34. The van der Waals surface area contributed by atoms with Crippen LogP contribution >= 0.6 is 0 Å². The summed E-state index contributed by atoms with van der Waals surface area (Å²) in [4.78, 5) is 26.8. The Morgan fingerprint density at radius 2 is 1.80 bits per heavy atom. The van der Waals surface area contributed by atoms with Crippen LogP contribution in [0.25, 0.3) is 0 Å². The lowest BCUT2D eigenvalue weighted by Gasteiger charge is -2.42. The Kier molecular flexibility index (Phi) is 6.04. The molecular formula is C24H28N2O4. The molecule has 2 aromatic carbocycles. The maximum Gasteiger partial charge on any atom is 0.254 e. The molecule has 0 aromatic heterocycles. The van der Waals surface area contributed by atoms with Gasteiger partial charge >= 0.3 is 0 Å². The first kappa shape index (κ1) is 20.4. The first-order valence-electron chi connectivity index (χ1n) is 10.5. The van der Waals surface area contributed by atoms with Gasteiger partial charge in [0.05, 0.1) is 7.11 Å². The van der Waals surface area contributed by atoms with E-state index in [4.69, 9.17) is 9.47 Å². The molecule has 2 aliphatic rings. The summed E-state index contributed by atoms with van der Waals surface area (Å²) in [5.41, 5.74) is 3.76. The molecule has 0 radical (unpaired) electrons. The van der Waals surface area contributed by atoms with Gasteiger partial charge in [0, 0.05) is 44.0 Å². The van der Waals surface area contributed by atoms with Gasteiger partial charge in [-0.15, -0.1) is 0 Å². The van der Waals surface area contributed by atoms with Crippen LogP contribution in [0.5, 0.6) is 5.75 Å². The number of hydrogen-bond donors (Lipinski definition) is 1. The highest BCUT2D eigenvalue weighted by atomic mass is 16.5. The zero-order valence-corrected chi connectivity index (χ0v) is 17.5. The fourth-order valence-corrected chi connectivity index (χ4v) is 4.52. The minimum absolute atomic E-state index is 0.0299. The molecule has 1 atom stereocenters. The maximum absolute atomic E-state index is 13.5. The summed E-state index contributed by atoms with van der Waals surface area (Å²) < 4.78 is 11.0. The van der Waals surface area contributed by atoms with E-state index in [-0.39, 0.29) is 17.9 Å². The lowest BCUT2D eigenvalue weighted by atomic mass is 9.82. The molecule has 0 spiro atoms. The van der Waals surface area contributed by atoms with Gasteiger partial charge in [-0.1, -0.05) is 6.07 Å². The zero-order valence-electron chi connectivity index (χ0n) is 17.5. The number of benzene rings is 2. The number of fused-ring (bicyclic) bond motifs is 1. The summed E-state index contributed by atoms with van der Waals surface area (Å²) in [6.07, 6.45) is 2.76. The number of carbonyl (C=O) groups excluding carboxylic acids is 2. The number of anilines is 1. The van der Waals surface area contributed by atoms with Gasteiger partial charge in [-0.3, -0.25) is 9.59 Å². The fraction of sp³-hybridized carbons (Fsp3) is 0.417. The van der Waals surface area contributed by atoms with Crippen LogP contribution in [0.4, 0.5) is 5.69 Å². The Bertz CT molecular complexity index is 919. The predicted molar refractivity (Wildman–Crippen MR) is 115 cm³/mol. The summed E-state index contributed by atoms with van der Waals surface area (Å²) >= 11 is 0. The molecule has 0 unspecified atom stereocenters. The maximum atomic E-state index is 13.5. The third-order valence-electron chi connectivity index (χ3n) is 6.11. The van der Waals surface area contributed by atoms with Crippen molar-refractivity contribution in [1.29, 1.82) is 0 Å². The molecule has 2 aliphatic heterocycles. The third-order valence-corrected chi connectivity index (χ3v) is 6.11. The molecule has 1 N–H and O–H groups in total. The largest absolute Gasteiger partial charge is 0.497 e. The molecule has 0 aliphatic carbocycles. The lowest BCUT2D eigenvalue weighted by molar-refractivity contribution is -0.114. The normalized spacial score (nSPS) is 19.1. The lowest BCUT2D eigenvalue weighted by Crippen LogP contribution is -2.49. The van der Waals surface area contributed by atoms with Crippen LogP contribution in [0.3, 0.4) is 0 Å². The van der Waals surface area contributed by atoms with Crippen LogP contribution in [0, 0.1) is 5.92 Å². The Balaban J connectivity index is 1.62. The van der Waals surface area contributed by atoms with Gasteiger partial charge in [0.15, 0.2) is 0 Å². The van der Waals surface area contributed by atoms with Crippen molar-refractivity contribution in [1.82, 2.24) is 4.90 Å². The van der Waals surface area contributed by atoms with Crippen molar-refractivity contribution in [2.45, 2.75) is 38.8 Å². The van der Waals surface area contributed by atoms with Crippen LogP contribution in [-0.4, -0.2) is 43.1 Å². The van der Waals surface area contributed by atoms with Gasteiger partial charge in [-0.2, -0.15) is 0 Å². The van der Waals surface area contributed by atoms with Gasteiger partial charge < -0.3 is 19.7 Å². The number of ether oxygens (including phenoxy) is 2. The molecule has 0 bridgehead atoms. The molecule has 6 heteroatoms. The van der Waals surface area contributed by atoms with Gasteiger partial charge in [0.25, 0.3) is 5.91 Å². The molecule has 158 valence electrons. The van der Waals surface area contributed by atoms with E-state index in [0.717, 1.165) is 38.2 Å². The van der Waals surface area contributed by atoms with E-state index in [0.29, 0.717) is 23.7 Å². The van der Waals surface area contributed by atoms with Crippen LogP contribution in [0.15, 0.2) is 42.5 Å². The standard InChI is InChI=1S/C24H28N2O4/c1-16(27)25-21-6-3-18(4-7-21)24(28)26-15-19-5-8-22(29-2)13-20(19)14-23(26)17-9-11-30-12-10-17/h3-8,13,17,23H,9-12,14-15H2,1-2H3,(H,25,27)/t23-/m0/s1. The summed E-state index contributed by atoms with van der Waals surface area (Å²) in [6, 6.07) is 13.4. The SMILES string of the molecule is COc1ccc2c(c1)C[C@@H](C1CCOCC1)N(C(=O)c1ccc(NC(C)=O)cc1)C2. The smallest absolute Gasteiger partial charge is 0.254 e. The van der Waals surface area contributed by atoms with Crippen molar-refractivity contribution in [3.8, 4) is 5.75 Å². The third kappa shape index (κ3) is 4.33. The second kappa shape index (κ2) is 8.88. The topological polar surface area (TPSA) is 67.9 Å². The highest BCUT2D eigenvalue weighted by Gasteiger charge is 2.36. The van der Waals surface area contributed by atoms with Crippen molar-refractivity contribution < 1.29 is 19.1 Å². The van der Waals surface area contributed by atoms with Gasteiger partial charge in [-0.05, 0) is 72.7 Å². The van der Waals surface area contributed by atoms with Crippen molar-refractivity contribution in [3.63, 3.8) is 0 Å². The second-order valence-corrected chi connectivity index (χ2v) is 8.05. The van der Waals surface area contributed by atoms with E-state index < -0.39 is 0 Å². The van der Waals surface area contributed by atoms with Gasteiger partial charge in [0.2, 0.25) is 5.91 Å². The molecular weight excluding hydrogens is 380 g/mol. The first-order valence-corrected chi connectivity index (χ1v) is 10.5. The van der Waals surface area contributed by atoms with Gasteiger partial charge in [-0.25, -0.2) is 0 Å². The molecule has 6 nitrogen and oxygen atoms in total. The van der Waals surface area contributed by atoms with Crippen molar-refractivity contribution in [3.05, 3.63) is 59.2 Å². The van der Waals surface area contributed by atoms with E-state index in [9.17, 15) is 9.59 Å². The van der Waals surface area contributed by atoms with Crippen molar-refractivity contribution in [2.75, 3.05) is 25.6 Å². The Labute approximate surface area is 177 Å². The monoisotopic (exact) mass is 408 g/mol. The molecule has 0 saturated carbocycles. The van der Waals surface area contributed by atoms with Crippen molar-refractivity contribution in [2.24, 2.45) is 5.92 Å². The molecule has 30 heavy (non-hydrogen) atoms. The molecule has 2 heterocycles. The Morgan fingerprint density at radius 1 is 1.07 bits per heavy atom. The summed E-state index contributed by atoms with van der Waals surface area (Å²) in [5.74, 6) is 1.17. The Morgan fingerprint density at radius 3 is 2.47 bits per heavy atom. The van der Waals surface area contributed by atoms with E-state index in [1.54, 1.807) is 31.4 Å². The van der Waals surface area contributed by atoms with E-state index >= 15 is 0 Å². The molecule has 4 rings (SSSR count). The second-order valence-electron chi connectivity index (χ2n) is 8.05. The van der Waals surface area contributed by atoms with Gasteiger partial charge in [0.1, 0.15) is 5.75 Å². The fourth-order valence-electron chi connectivity index (χ4n) is 4.52. The molecule has 1 fully saturated rings. The molecule has 2 amide bonds. The minimum Gasteiger partial charge on any atom is -0.497 e. The van der Waals surface area contributed by atoms with Crippen LogP contribution in [0.1, 0.15) is 41.3 Å². The molecule has 1 saturated heterocycles. The zero-order chi connectivity index (χ0) is 21.1. The highest BCUT2D eigenvalue weighted by molar-refractivity contribution is 5.96. The average Bonchev–Trinajstić information content (AvgIpc) is 2.78. The summed E-state index contributed by atoms with van der Waals surface area (Å²) in [5, 5.41) is 2.75. The Hall–Kier alpha value is -2.86. The van der Waals surface area contributed by atoms with E-state index in [1.807, 2.05) is 11.0 Å². The number of hydrogen-bond acceptors (Lipinski definition) is 4. The average molecular weight is 408 g/mol. The van der Waals surface area contributed by atoms with Crippen molar-refractivity contribution >= 4 is 17.5 Å². The quantitative estimate of drug-likeness (QED) is 0.839. The summed E-state index contributed by atoms with van der Waals surface area (Å²) in [7, 11) is 1.68. The number of carbonyl (C=O) groups is 2. The van der Waals surface area contributed by atoms with E-state index in [1.165, 1.54) is 18.1 Å². The van der Waals surface area contributed by atoms with Crippen LogP contribution < -0.4 is 10.1 Å².